The number of benzene rings is 3. The normalized spacial score (nSPS) is 17.1. The van der Waals surface area contributed by atoms with Crippen molar-refractivity contribution < 1.29 is 29.3 Å². The number of carbonyl (C=O) groups is 2. The van der Waals surface area contributed by atoms with Gasteiger partial charge in [0, 0.05) is 32.8 Å². The maximum atomic E-state index is 13.7. The van der Waals surface area contributed by atoms with E-state index in [1.165, 1.54) is 43.4 Å². The van der Waals surface area contributed by atoms with Crippen molar-refractivity contribution in [2.24, 2.45) is 0 Å². The molecule has 7 nitrogen and oxygen atoms in total. The molecule has 3 aromatic carbocycles. The molecule has 3 aromatic rings. The molecule has 0 fully saturated rings. The largest absolute Gasteiger partial charge is 0.497 e. The number of carboxylic acids is 1. The van der Waals surface area contributed by atoms with Crippen LogP contribution in [-0.2, 0) is 16.9 Å². The van der Waals surface area contributed by atoms with Crippen molar-refractivity contribution in [2.45, 2.75) is 12.1 Å². The van der Waals surface area contributed by atoms with Crippen LogP contribution in [0.1, 0.15) is 27.0 Å². The van der Waals surface area contributed by atoms with E-state index in [4.69, 9.17) is 32.7 Å². The van der Waals surface area contributed by atoms with E-state index in [1.54, 1.807) is 30.3 Å². The molecule has 1 amide bonds. The summed E-state index contributed by atoms with van der Waals surface area (Å²) in [6.07, 6.45) is 0. The van der Waals surface area contributed by atoms with Crippen molar-refractivity contribution in [1.82, 2.24) is 0 Å². The number of nitrogens with zero attached hydrogens (tertiary/aromatic N) is 1. The number of hydrogen-bond acceptors (Lipinski definition) is 5. The summed E-state index contributed by atoms with van der Waals surface area (Å²) >= 11 is 12.5. The number of halogens is 2. The van der Waals surface area contributed by atoms with Crippen LogP contribution in [-0.4, -0.2) is 36.3 Å². The van der Waals surface area contributed by atoms with Gasteiger partial charge in [0.2, 0.25) is 0 Å². The molecular formula is C24H19Cl2NO6. The molecule has 1 unspecified atom stereocenters. The highest BCUT2D eigenvalue weighted by Crippen LogP contribution is 2.48. The molecule has 9 heteroatoms. The van der Waals surface area contributed by atoms with Crippen LogP contribution in [0.15, 0.2) is 54.6 Å². The van der Waals surface area contributed by atoms with Gasteiger partial charge < -0.3 is 24.6 Å². The molecule has 0 saturated carbocycles. The summed E-state index contributed by atoms with van der Waals surface area (Å²) in [5.74, 6) is -0.821. The Bertz CT molecular complexity index is 1280. The highest BCUT2D eigenvalue weighted by molar-refractivity contribution is 6.32. The van der Waals surface area contributed by atoms with Crippen LogP contribution >= 0.6 is 23.2 Å². The molecule has 33 heavy (non-hydrogen) atoms. The number of aromatic carboxylic acids is 1. The first-order valence-corrected chi connectivity index (χ1v) is 10.5. The van der Waals surface area contributed by atoms with Crippen molar-refractivity contribution >= 4 is 40.8 Å². The fourth-order valence-electron chi connectivity index (χ4n) is 3.96. The van der Waals surface area contributed by atoms with Gasteiger partial charge in [0.1, 0.15) is 11.5 Å². The first-order chi connectivity index (χ1) is 15.7. The number of hydrogen-bond donors (Lipinski definition) is 2. The summed E-state index contributed by atoms with van der Waals surface area (Å²) in [5, 5.41) is 21.5. The van der Waals surface area contributed by atoms with Crippen LogP contribution in [0.3, 0.4) is 0 Å². The molecule has 4 rings (SSSR count). The van der Waals surface area contributed by atoms with Crippen LogP contribution in [0.5, 0.6) is 11.5 Å². The maximum absolute atomic E-state index is 13.7. The third kappa shape index (κ3) is 3.78. The molecule has 0 radical (unpaired) electrons. The zero-order chi connectivity index (χ0) is 23.9. The second-order valence-corrected chi connectivity index (χ2v) is 8.28. The molecule has 1 atom stereocenters. The number of ether oxygens (including phenoxy) is 2. The van der Waals surface area contributed by atoms with Gasteiger partial charge in [0.15, 0.2) is 5.60 Å². The Morgan fingerprint density at radius 3 is 2.42 bits per heavy atom. The van der Waals surface area contributed by atoms with Crippen molar-refractivity contribution in [3.05, 3.63) is 86.9 Å². The Labute approximate surface area is 199 Å². The molecule has 0 bridgehead atoms. The number of rotatable bonds is 6. The quantitative estimate of drug-likeness (QED) is 0.531. The van der Waals surface area contributed by atoms with E-state index in [-0.39, 0.29) is 28.3 Å². The van der Waals surface area contributed by atoms with Crippen LogP contribution in [0.4, 0.5) is 5.69 Å². The van der Waals surface area contributed by atoms with Gasteiger partial charge >= 0.3 is 5.97 Å². The van der Waals surface area contributed by atoms with E-state index in [1.807, 2.05) is 0 Å². The highest BCUT2D eigenvalue weighted by atomic mass is 35.5. The molecule has 1 aliphatic rings. The molecule has 1 aliphatic heterocycles. The lowest BCUT2D eigenvalue weighted by molar-refractivity contribution is -0.132. The summed E-state index contributed by atoms with van der Waals surface area (Å²) in [7, 11) is 3.04. The summed E-state index contributed by atoms with van der Waals surface area (Å²) in [5.41, 5.74) is -1.10. The Balaban J connectivity index is 1.87. The maximum Gasteiger partial charge on any atom is 0.335 e. The van der Waals surface area contributed by atoms with Crippen molar-refractivity contribution in [3.8, 4) is 11.5 Å². The van der Waals surface area contributed by atoms with E-state index < -0.39 is 17.5 Å². The first kappa shape index (κ1) is 22.9. The fraction of sp³-hybridized carbons (Fsp3) is 0.167. The van der Waals surface area contributed by atoms with Crippen molar-refractivity contribution in [1.29, 1.82) is 0 Å². The zero-order valence-corrected chi connectivity index (χ0v) is 19.1. The number of aliphatic hydroxyl groups is 1. The minimum atomic E-state index is -2.23. The summed E-state index contributed by atoms with van der Waals surface area (Å²) in [6, 6.07) is 13.7. The lowest BCUT2D eigenvalue weighted by atomic mass is 9.86. The zero-order valence-electron chi connectivity index (χ0n) is 17.6. The van der Waals surface area contributed by atoms with E-state index >= 15 is 0 Å². The average Bonchev–Trinajstić information content (AvgIpc) is 3.01. The molecule has 170 valence electrons. The standard InChI is InChI=1S/C24H19Cl2NO6/c1-32-16-6-3-14(21(11-16)33-2)12-27-20-8-5-15(25)10-18(20)24(31,23(27)30)17-9-13(22(28)29)4-7-19(17)26/h3-11,31H,12H2,1-2H3,(H,28,29). The van der Waals surface area contributed by atoms with Gasteiger partial charge in [0.05, 0.1) is 32.0 Å². The Morgan fingerprint density at radius 2 is 1.76 bits per heavy atom. The second-order valence-electron chi connectivity index (χ2n) is 7.44. The predicted octanol–water partition coefficient (Wildman–Crippen LogP) is 4.49. The van der Waals surface area contributed by atoms with Gasteiger partial charge in [-0.05, 0) is 48.5 Å². The average molecular weight is 488 g/mol. The third-order valence-corrected chi connectivity index (χ3v) is 6.18. The number of fused-ring (bicyclic) bond motifs is 1. The molecule has 0 aromatic heterocycles. The Kier molecular flexibility index (Phi) is 5.97. The molecule has 0 saturated heterocycles. The smallest absolute Gasteiger partial charge is 0.335 e. The number of methoxy groups -OCH3 is 2. The number of amides is 1. The first-order valence-electron chi connectivity index (χ1n) is 9.79. The monoisotopic (exact) mass is 487 g/mol. The van der Waals surface area contributed by atoms with Crippen molar-refractivity contribution in [2.75, 3.05) is 19.1 Å². The van der Waals surface area contributed by atoms with Gasteiger partial charge in [-0.25, -0.2) is 4.79 Å². The lowest BCUT2D eigenvalue weighted by Gasteiger charge is -2.25. The Hall–Kier alpha value is -3.26. The molecule has 0 aliphatic carbocycles. The topological polar surface area (TPSA) is 96.3 Å². The predicted molar refractivity (Wildman–Crippen MR) is 124 cm³/mol. The summed E-state index contributed by atoms with van der Waals surface area (Å²) in [6.45, 7) is 0.0686. The van der Waals surface area contributed by atoms with Crippen LogP contribution in [0.25, 0.3) is 0 Å². The molecular weight excluding hydrogens is 469 g/mol. The van der Waals surface area contributed by atoms with E-state index in [0.717, 1.165) is 0 Å². The fourth-order valence-corrected chi connectivity index (χ4v) is 4.39. The number of anilines is 1. The van der Waals surface area contributed by atoms with E-state index in [9.17, 15) is 19.8 Å². The SMILES string of the molecule is COc1ccc(CN2C(=O)C(O)(c3cc(C(=O)O)ccc3Cl)c3cc(Cl)ccc32)c(OC)c1. The molecule has 2 N–H and O–H groups in total. The highest BCUT2D eigenvalue weighted by Gasteiger charge is 2.52. The van der Waals surface area contributed by atoms with Crippen molar-refractivity contribution in [3.63, 3.8) is 0 Å². The number of carbonyl (C=O) groups excluding carboxylic acids is 1. The summed E-state index contributed by atoms with van der Waals surface area (Å²) in [4.78, 5) is 26.6. The minimum absolute atomic E-state index is 0.0400. The van der Waals surface area contributed by atoms with Gasteiger partial charge in [0.25, 0.3) is 5.91 Å². The van der Waals surface area contributed by atoms with Crippen LogP contribution in [0.2, 0.25) is 10.0 Å². The second kappa shape index (κ2) is 8.59. The lowest BCUT2D eigenvalue weighted by Crippen LogP contribution is -2.41. The van der Waals surface area contributed by atoms with Gasteiger partial charge in [-0.3, -0.25) is 4.79 Å². The summed E-state index contributed by atoms with van der Waals surface area (Å²) < 4.78 is 10.7. The van der Waals surface area contributed by atoms with E-state index in [2.05, 4.69) is 0 Å². The molecule has 1 heterocycles. The van der Waals surface area contributed by atoms with E-state index in [0.29, 0.717) is 27.8 Å². The minimum Gasteiger partial charge on any atom is -0.497 e. The Morgan fingerprint density at radius 1 is 1.00 bits per heavy atom. The molecule has 0 spiro atoms. The van der Waals surface area contributed by atoms with Crippen LogP contribution in [0, 0.1) is 0 Å². The van der Waals surface area contributed by atoms with Gasteiger partial charge in [-0.1, -0.05) is 23.2 Å². The third-order valence-electron chi connectivity index (χ3n) is 5.62. The van der Waals surface area contributed by atoms with Crippen LogP contribution < -0.4 is 14.4 Å². The van der Waals surface area contributed by atoms with Gasteiger partial charge in [-0.2, -0.15) is 0 Å². The number of carboxylic acid groups (broad SMARTS) is 1. The van der Waals surface area contributed by atoms with Gasteiger partial charge in [-0.15, -0.1) is 0 Å².